The van der Waals surface area contributed by atoms with Crippen molar-refractivity contribution in [2.75, 3.05) is 0 Å². The monoisotopic (exact) mass is 415 g/mol. The highest BCUT2D eigenvalue weighted by Gasteiger charge is 2.18. The van der Waals surface area contributed by atoms with Crippen LogP contribution in [0.3, 0.4) is 0 Å². The largest absolute Gasteiger partial charge is 0.308 e. The number of hydrogen-bond donors (Lipinski definition) is 0. The van der Waals surface area contributed by atoms with Gasteiger partial charge in [0.25, 0.3) is 5.56 Å². The molecule has 0 radical (unpaired) electrons. The molecule has 0 N–H and O–H groups in total. The number of aromatic nitrogens is 3. The molecule has 0 amide bonds. The first-order valence-corrected chi connectivity index (χ1v) is 9.98. The number of hydrogen-bond acceptors (Lipinski definition) is 3. The van der Waals surface area contributed by atoms with E-state index in [1.807, 2.05) is 37.6 Å². The van der Waals surface area contributed by atoms with Gasteiger partial charge in [0.05, 0.1) is 23.6 Å². The van der Waals surface area contributed by atoms with Crippen molar-refractivity contribution in [3.8, 4) is 5.69 Å². The normalized spacial score (nSPS) is 12.0. The van der Waals surface area contributed by atoms with Crippen LogP contribution >= 0.6 is 0 Å². The molecule has 0 saturated heterocycles. The third-order valence-corrected chi connectivity index (χ3v) is 5.44. The Kier molecular flexibility index (Phi) is 5.38. The van der Waals surface area contributed by atoms with Crippen molar-refractivity contribution in [2.24, 2.45) is 0 Å². The van der Waals surface area contributed by atoms with E-state index in [1.165, 1.54) is 16.7 Å². The Bertz CT molecular complexity index is 1320. The van der Waals surface area contributed by atoms with E-state index in [2.05, 4.69) is 4.98 Å². The third-order valence-electron chi connectivity index (χ3n) is 5.44. The third kappa shape index (κ3) is 3.97. The van der Waals surface area contributed by atoms with Crippen LogP contribution in [0.15, 0.2) is 78.1 Å². The van der Waals surface area contributed by atoms with E-state index in [1.54, 1.807) is 48.9 Å². The molecule has 4 aromatic rings. The van der Waals surface area contributed by atoms with Crippen LogP contribution in [0.25, 0.3) is 5.69 Å². The Morgan fingerprint density at radius 2 is 1.81 bits per heavy atom. The van der Waals surface area contributed by atoms with Crippen molar-refractivity contribution in [2.45, 2.75) is 26.8 Å². The minimum Gasteiger partial charge on any atom is -0.308 e. The van der Waals surface area contributed by atoms with Crippen LogP contribution in [0.2, 0.25) is 0 Å². The molecule has 0 aliphatic carbocycles. The van der Waals surface area contributed by atoms with Gasteiger partial charge in [-0.25, -0.2) is 9.37 Å². The Morgan fingerprint density at radius 3 is 2.45 bits per heavy atom. The van der Waals surface area contributed by atoms with Crippen LogP contribution < -0.4 is 5.56 Å². The summed E-state index contributed by atoms with van der Waals surface area (Å²) >= 11 is 0. The molecular formula is C25H22FN3O2. The van der Waals surface area contributed by atoms with E-state index in [9.17, 15) is 14.0 Å². The predicted molar refractivity (Wildman–Crippen MR) is 117 cm³/mol. The summed E-state index contributed by atoms with van der Waals surface area (Å²) in [5.74, 6) is -0.668. The second kappa shape index (κ2) is 8.14. The molecule has 1 unspecified atom stereocenters. The van der Waals surface area contributed by atoms with E-state index in [4.69, 9.17) is 0 Å². The van der Waals surface area contributed by atoms with E-state index in [0.717, 1.165) is 22.5 Å². The maximum atomic E-state index is 13.2. The molecule has 0 bridgehead atoms. The molecule has 31 heavy (non-hydrogen) atoms. The average molecular weight is 415 g/mol. The molecular weight excluding hydrogens is 393 g/mol. The fraction of sp³-hybridized carbons (Fsp3) is 0.160. The average Bonchev–Trinajstić information content (AvgIpc) is 3.19. The molecule has 156 valence electrons. The van der Waals surface area contributed by atoms with Gasteiger partial charge in [0.1, 0.15) is 5.82 Å². The minimum atomic E-state index is -0.378. The lowest BCUT2D eigenvalue weighted by atomic mass is 10.0. The molecule has 0 spiro atoms. The van der Waals surface area contributed by atoms with Crippen LogP contribution in [-0.2, 0) is 0 Å². The van der Waals surface area contributed by atoms with Crippen molar-refractivity contribution in [3.05, 3.63) is 117 Å². The second-order valence-electron chi connectivity index (χ2n) is 7.61. The summed E-state index contributed by atoms with van der Waals surface area (Å²) in [6.07, 6.45) is 5.28. The fourth-order valence-corrected chi connectivity index (χ4v) is 3.68. The predicted octanol–water partition coefficient (Wildman–Crippen LogP) is 4.63. The number of ketones is 1. The standard InChI is InChI=1S/C25H22FN3O2/c1-16-13-20(8-11-23(16)28-14-17(2)27-15-28)24(30)22-5-4-12-29(25(22)31)18(3)19-6-9-21(26)10-7-19/h4-15,18H,1-3H3. The molecule has 2 heterocycles. The van der Waals surface area contributed by atoms with E-state index in [-0.39, 0.29) is 28.8 Å². The SMILES string of the molecule is Cc1cn(-c2ccc(C(=O)c3cccn(C(C)c4ccc(F)cc4)c3=O)cc2C)cn1. The van der Waals surface area contributed by atoms with Gasteiger partial charge in [-0.1, -0.05) is 12.1 Å². The zero-order chi connectivity index (χ0) is 22.1. The maximum Gasteiger partial charge on any atom is 0.262 e. The number of rotatable bonds is 5. The first-order chi connectivity index (χ1) is 14.8. The van der Waals surface area contributed by atoms with Gasteiger partial charge < -0.3 is 9.13 Å². The fourth-order valence-electron chi connectivity index (χ4n) is 3.68. The number of pyridine rings is 1. The Labute approximate surface area is 179 Å². The first kappa shape index (κ1) is 20.5. The highest BCUT2D eigenvalue weighted by molar-refractivity contribution is 6.09. The van der Waals surface area contributed by atoms with Crippen molar-refractivity contribution >= 4 is 5.78 Å². The Balaban J connectivity index is 1.68. The van der Waals surface area contributed by atoms with Crippen LogP contribution in [0, 0.1) is 19.7 Å². The van der Waals surface area contributed by atoms with Gasteiger partial charge in [-0.05, 0) is 74.4 Å². The lowest BCUT2D eigenvalue weighted by Gasteiger charge is -2.16. The molecule has 2 aromatic heterocycles. The zero-order valence-corrected chi connectivity index (χ0v) is 17.5. The van der Waals surface area contributed by atoms with Gasteiger partial charge in [-0.3, -0.25) is 9.59 Å². The molecule has 6 heteroatoms. The van der Waals surface area contributed by atoms with E-state index >= 15 is 0 Å². The number of imidazole rings is 1. The minimum absolute atomic E-state index is 0.0992. The van der Waals surface area contributed by atoms with E-state index in [0.29, 0.717) is 5.56 Å². The summed E-state index contributed by atoms with van der Waals surface area (Å²) in [6, 6.07) is 14.2. The number of carbonyl (C=O) groups is 1. The van der Waals surface area contributed by atoms with Gasteiger partial charge in [0.15, 0.2) is 5.78 Å². The molecule has 0 saturated carbocycles. The number of aryl methyl sites for hydroxylation is 2. The highest BCUT2D eigenvalue weighted by Crippen LogP contribution is 2.20. The zero-order valence-electron chi connectivity index (χ0n) is 17.5. The van der Waals surface area contributed by atoms with Gasteiger partial charge in [0.2, 0.25) is 0 Å². The van der Waals surface area contributed by atoms with Crippen LogP contribution in [0.1, 0.15) is 45.7 Å². The van der Waals surface area contributed by atoms with Crippen molar-refractivity contribution in [3.63, 3.8) is 0 Å². The summed E-state index contributed by atoms with van der Waals surface area (Å²) in [5.41, 5.74) is 3.68. The van der Waals surface area contributed by atoms with Crippen LogP contribution in [0.4, 0.5) is 4.39 Å². The van der Waals surface area contributed by atoms with Crippen LogP contribution in [0.5, 0.6) is 0 Å². The summed E-state index contributed by atoms with van der Waals surface area (Å²) in [7, 11) is 0. The highest BCUT2D eigenvalue weighted by atomic mass is 19.1. The van der Waals surface area contributed by atoms with Gasteiger partial charge >= 0.3 is 0 Å². The Hall–Kier alpha value is -3.80. The topological polar surface area (TPSA) is 56.9 Å². The molecule has 1 atom stereocenters. The number of benzene rings is 2. The second-order valence-corrected chi connectivity index (χ2v) is 7.61. The first-order valence-electron chi connectivity index (χ1n) is 9.98. The number of carbonyl (C=O) groups excluding carboxylic acids is 1. The lowest BCUT2D eigenvalue weighted by Crippen LogP contribution is -2.28. The molecule has 4 rings (SSSR count). The van der Waals surface area contributed by atoms with Crippen molar-refractivity contribution in [1.82, 2.24) is 14.1 Å². The summed E-state index contributed by atoms with van der Waals surface area (Å²) in [6.45, 7) is 5.67. The summed E-state index contributed by atoms with van der Waals surface area (Å²) < 4.78 is 16.6. The van der Waals surface area contributed by atoms with E-state index < -0.39 is 0 Å². The quantitative estimate of drug-likeness (QED) is 0.447. The van der Waals surface area contributed by atoms with Gasteiger partial charge in [-0.2, -0.15) is 0 Å². The lowest BCUT2D eigenvalue weighted by molar-refractivity contribution is 0.103. The molecule has 2 aromatic carbocycles. The number of halogens is 1. The Morgan fingerprint density at radius 1 is 1.06 bits per heavy atom. The van der Waals surface area contributed by atoms with Crippen molar-refractivity contribution < 1.29 is 9.18 Å². The van der Waals surface area contributed by atoms with Crippen LogP contribution in [-0.4, -0.2) is 19.9 Å². The molecule has 5 nitrogen and oxygen atoms in total. The molecule has 0 aliphatic heterocycles. The molecule has 0 aliphatic rings. The van der Waals surface area contributed by atoms with Gasteiger partial charge in [0, 0.05) is 23.6 Å². The summed E-state index contributed by atoms with van der Waals surface area (Å²) in [4.78, 5) is 30.5. The summed E-state index contributed by atoms with van der Waals surface area (Å²) in [5, 5.41) is 0. The van der Waals surface area contributed by atoms with Gasteiger partial charge in [-0.15, -0.1) is 0 Å². The maximum absolute atomic E-state index is 13.2. The van der Waals surface area contributed by atoms with Crippen molar-refractivity contribution in [1.29, 1.82) is 0 Å². The number of nitrogens with zero attached hydrogens (tertiary/aromatic N) is 3. The molecule has 0 fully saturated rings. The smallest absolute Gasteiger partial charge is 0.262 e.